The van der Waals surface area contributed by atoms with Crippen LogP contribution in [0.25, 0.3) is 11.3 Å². The Bertz CT molecular complexity index is 877. The normalized spacial score (nSPS) is 10.6. The Morgan fingerprint density at radius 2 is 1.93 bits per heavy atom. The van der Waals surface area contributed by atoms with Crippen LogP contribution < -0.4 is 21.5 Å². The lowest BCUT2D eigenvalue weighted by Crippen LogP contribution is -3.00. The zero-order valence-corrected chi connectivity index (χ0v) is 18.3. The number of Topliss-reactive ketones (excluding diaryl/α,β-unsaturated/α-hetero) is 1. The molecule has 150 valence electrons. The van der Waals surface area contributed by atoms with Crippen LogP contribution in [0.4, 0.5) is 0 Å². The third-order valence-corrected chi connectivity index (χ3v) is 5.78. The van der Waals surface area contributed by atoms with E-state index < -0.39 is 0 Å². The van der Waals surface area contributed by atoms with Crippen molar-refractivity contribution >= 4 is 17.1 Å². The summed E-state index contributed by atoms with van der Waals surface area (Å²) in [6.45, 7) is 2.59. The van der Waals surface area contributed by atoms with E-state index in [0.717, 1.165) is 43.4 Å². The standard InChI is InChI=1S/C21H25N2O3S.BrH/c1-16-21(11-7-2-3-8-12-24)27-15-23(16)14-19(25)20-13-18(22-26-20)17-9-5-4-6-10-17;/h4-6,9-10,13,15,24H,2-3,7-8,11-12,14H2,1H3;1H/q+1;/p-1. The molecule has 0 bridgehead atoms. The molecule has 0 saturated carbocycles. The number of carbonyl (C=O) groups excluding carboxylic acids is 1. The molecule has 2 aromatic heterocycles. The highest BCUT2D eigenvalue weighted by Gasteiger charge is 2.22. The molecule has 0 radical (unpaired) electrons. The van der Waals surface area contributed by atoms with Crippen LogP contribution >= 0.6 is 11.3 Å². The lowest BCUT2D eigenvalue weighted by atomic mass is 10.1. The molecule has 1 aromatic carbocycles. The molecule has 0 atom stereocenters. The summed E-state index contributed by atoms with van der Waals surface area (Å²) in [6, 6.07) is 11.4. The lowest BCUT2D eigenvalue weighted by molar-refractivity contribution is -0.684. The van der Waals surface area contributed by atoms with Gasteiger partial charge in [-0.25, -0.2) is 0 Å². The average molecular weight is 465 g/mol. The van der Waals surface area contributed by atoms with E-state index in [4.69, 9.17) is 9.63 Å². The van der Waals surface area contributed by atoms with Gasteiger partial charge in [-0.3, -0.25) is 4.79 Å². The van der Waals surface area contributed by atoms with Gasteiger partial charge in [0.25, 0.3) is 5.78 Å². The fraction of sp³-hybridized carbons (Fsp3) is 0.381. The number of hydrogen-bond acceptors (Lipinski definition) is 5. The van der Waals surface area contributed by atoms with Crippen molar-refractivity contribution in [3.05, 3.63) is 58.2 Å². The maximum absolute atomic E-state index is 12.6. The van der Waals surface area contributed by atoms with Crippen LogP contribution in [0, 0.1) is 6.92 Å². The molecule has 0 amide bonds. The highest BCUT2D eigenvalue weighted by atomic mass is 79.9. The third-order valence-electron chi connectivity index (χ3n) is 4.64. The molecule has 5 nitrogen and oxygen atoms in total. The van der Waals surface area contributed by atoms with Crippen molar-refractivity contribution in [2.75, 3.05) is 6.61 Å². The smallest absolute Gasteiger partial charge is 0.265 e. The first-order valence-electron chi connectivity index (χ1n) is 9.31. The number of nitrogens with zero attached hydrogens (tertiary/aromatic N) is 2. The second kappa shape index (κ2) is 11.2. The molecular weight excluding hydrogens is 440 g/mol. The van der Waals surface area contributed by atoms with Crippen LogP contribution in [0.5, 0.6) is 0 Å². The molecule has 7 heteroatoms. The van der Waals surface area contributed by atoms with Crippen LogP contribution in [0.15, 0.2) is 46.4 Å². The minimum Gasteiger partial charge on any atom is -1.00 e. The first-order valence-corrected chi connectivity index (χ1v) is 10.2. The topological polar surface area (TPSA) is 67.2 Å². The van der Waals surface area contributed by atoms with Crippen molar-refractivity contribution in [3.8, 4) is 11.3 Å². The molecule has 0 fully saturated rings. The van der Waals surface area contributed by atoms with Gasteiger partial charge in [0, 0.05) is 25.2 Å². The fourth-order valence-corrected chi connectivity index (χ4v) is 4.02. The van der Waals surface area contributed by atoms with Gasteiger partial charge in [-0.05, 0) is 19.3 Å². The monoisotopic (exact) mass is 464 g/mol. The Kier molecular flexibility index (Phi) is 9.02. The van der Waals surface area contributed by atoms with E-state index in [1.807, 2.05) is 40.4 Å². The van der Waals surface area contributed by atoms with Crippen LogP contribution in [0.1, 0.15) is 46.8 Å². The van der Waals surface area contributed by atoms with E-state index in [1.54, 1.807) is 17.4 Å². The van der Waals surface area contributed by atoms with Crippen LogP contribution in [0.3, 0.4) is 0 Å². The summed E-state index contributed by atoms with van der Waals surface area (Å²) >= 11 is 1.69. The van der Waals surface area contributed by atoms with E-state index in [-0.39, 0.29) is 41.7 Å². The zero-order chi connectivity index (χ0) is 19.1. The quantitative estimate of drug-likeness (QED) is 0.276. The number of halogens is 1. The van der Waals surface area contributed by atoms with Gasteiger partial charge in [-0.2, -0.15) is 4.57 Å². The largest absolute Gasteiger partial charge is 1.00 e. The predicted octanol–water partition coefficient (Wildman–Crippen LogP) is 0.981. The minimum absolute atomic E-state index is 0. The van der Waals surface area contributed by atoms with Gasteiger partial charge in [0.15, 0.2) is 5.69 Å². The molecule has 0 spiro atoms. The van der Waals surface area contributed by atoms with E-state index >= 15 is 0 Å². The Morgan fingerprint density at radius 3 is 2.68 bits per heavy atom. The second-order valence-electron chi connectivity index (χ2n) is 6.61. The SMILES string of the molecule is Cc1c(CCCCCCO)sc[n+]1CC(=O)c1cc(-c2ccccc2)no1.[Br-]. The number of aliphatic hydroxyl groups excluding tert-OH is 1. The molecule has 2 heterocycles. The van der Waals surface area contributed by atoms with Gasteiger partial charge in [0.2, 0.25) is 17.8 Å². The maximum Gasteiger partial charge on any atom is 0.265 e. The molecule has 28 heavy (non-hydrogen) atoms. The van der Waals surface area contributed by atoms with E-state index in [1.165, 1.54) is 4.88 Å². The maximum atomic E-state index is 12.6. The fourth-order valence-electron chi connectivity index (χ4n) is 2.98. The highest BCUT2D eigenvalue weighted by molar-refractivity contribution is 7.09. The summed E-state index contributed by atoms with van der Waals surface area (Å²) in [6.07, 6.45) is 5.19. The Hall–Kier alpha value is -1.83. The summed E-state index contributed by atoms with van der Waals surface area (Å²) < 4.78 is 7.26. The van der Waals surface area contributed by atoms with Gasteiger partial charge in [-0.1, -0.05) is 59.7 Å². The van der Waals surface area contributed by atoms with Gasteiger partial charge < -0.3 is 26.6 Å². The van der Waals surface area contributed by atoms with E-state index in [9.17, 15) is 4.79 Å². The van der Waals surface area contributed by atoms with Crippen LogP contribution in [0.2, 0.25) is 0 Å². The Labute approximate surface area is 179 Å². The highest BCUT2D eigenvalue weighted by Crippen LogP contribution is 2.19. The zero-order valence-electron chi connectivity index (χ0n) is 15.9. The number of hydrogen-bond donors (Lipinski definition) is 1. The Morgan fingerprint density at radius 1 is 1.18 bits per heavy atom. The first kappa shape index (κ1) is 22.5. The van der Waals surface area contributed by atoms with Crippen molar-refractivity contribution in [1.29, 1.82) is 0 Å². The molecule has 0 aliphatic heterocycles. The molecule has 0 unspecified atom stereocenters. The second-order valence-corrected chi connectivity index (χ2v) is 7.55. The summed E-state index contributed by atoms with van der Waals surface area (Å²) in [5.41, 5.74) is 4.75. The van der Waals surface area contributed by atoms with E-state index in [2.05, 4.69) is 12.1 Å². The van der Waals surface area contributed by atoms with Gasteiger partial charge in [-0.15, -0.1) is 0 Å². The summed E-state index contributed by atoms with van der Waals surface area (Å²) in [4.78, 5) is 13.9. The number of aliphatic hydroxyl groups is 1. The third kappa shape index (κ3) is 5.83. The number of carbonyl (C=O) groups is 1. The molecule has 0 saturated heterocycles. The van der Waals surface area contributed by atoms with Crippen molar-refractivity contribution in [1.82, 2.24) is 5.16 Å². The van der Waals surface area contributed by atoms with Crippen molar-refractivity contribution in [3.63, 3.8) is 0 Å². The number of benzene rings is 1. The van der Waals surface area contributed by atoms with Crippen molar-refractivity contribution in [2.24, 2.45) is 0 Å². The lowest BCUT2D eigenvalue weighted by Gasteiger charge is -1.98. The minimum atomic E-state index is -0.0786. The molecule has 3 aromatic rings. The number of ketones is 1. The van der Waals surface area contributed by atoms with Crippen molar-refractivity contribution < 1.29 is 36.0 Å². The molecule has 0 aliphatic rings. The molecule has 3 rings (SSSR count). The van der Waals surface area contributed by atoms with Gasteiger partial charge in [0.1, 0.15) is 5.69 Å². The number of aryl methyl sites for hydroxylation is 1. The number of rotatable bonds is 10. The van der Waals surface area contributed by atoms with Gasteiger partial charge in [0.05, 0.1) is 4.88 Å². The number of aromatic nitrogens is 2. The average Bonchev–Trinajstić information content (AvgIpc) is 3.31. The summed E-state index contributed by atoms with van der Waals surface area (Å²) in [7, 11) is 0. The molecular formula is C21H25BrN2O3S. The molecule has 1 N–H and O–H groups in total. The van der Waals surface area contributed by atoms with Crippen LogP contribution in [-0.2, 0) is 13.0 Å². The van der Waals surface area contributed by atoms with Gasteiger partial charge >= 0.3 is 0 Å². The van der Waals surface area contributed by atoms with Crippen LogP contribution in [-0.4, -0.2) is 22.7 Å². The number of unbranched alkanes of at least 4 members (excludes halogenated alkanes) is 3. The summed E-state index contributed by atoms with van der Waals surface area (Å²) in [5, 5.41) is 12.9. The molecule has 0 aliphatic carbocycles. The Balaban J connectivity index is 0.00000280. The number of thiazole rings is 1. The first-order chi connectivity index (χ1) is 13.2. The predicted molar refractivity (Wildman–Crippen MR) is 105 cm³/mol. The van der Waals surface area contributed by atoms with Crippen molar-refractivity contribution in [2.45, 2.75) is 45.6 Å². The summed E-state index contributed by atoms with van der Waals surface area (Å²) in [5.74, 6) is 0.211. The van der Waals surface area contributed by atoms with E-state index in [0.29, 0.717) is 5.69 Å².